The second-order valence-corrected chi connectivity index (χ2v) is 7.58. The van der Waals surface area contributed by atoms with Crippen molar-refractivity contribution in [2.45, 2.75) is 0 Å². The minimum absolute atomic E-state index is 0.183. The molecule has 0 bridgehead atoms. The van der Waals surface area contributed by atoms with Crippen molar-refractivity contribution in [3.63, 3.8) is 0 Å². The first-order valence-corrected chi connectivity index (χ1v) is 10.6. The van der Waals surface area contributed by atoms with Crippen LogP contribution < -0.4 is 25.0 Å². The van der Waals surface area contributed by atoms with E-state index >= 15 is 0 Å². The number of fused-ring (bicyclic) bond motifs is 1. The van der Waals surface area contributed by atoms with E-state index in [9.17, 15) is 0 Å². The Morgan fingerprint density at radius 1 is 0.848 bits per heavy atom. The standard InChI is InChI=1S/C23H24N8O2/c1-32-18-4-3-15(13-19(18)33-2)17-14-26-21-20(27-17)22(29-23(24)28-21)31-11-9-30(10-12-31)16-5-7-25-8-6-16/h3-8,13-14H,9-12H2,1-2H3,(H2,24,26,28,29). The van der Waals surface area contributed by atoms with Crippen LogP contribution in [-0.4, -0.2) is 65.3 Å². The monoisotopic (exact) mass is 444 g/mol. The Morgan fingerprint density at radius 2 is 1.58 bits per heavy atom. The summed E-state index contributed by atoms with van der Waals surface area (Å²) in [7, 11) is 3.21. The highest BCUT2D eigenvalue weighted by atomic mass is 16.5. The van der Waals surface area contributed by atoms with Crippen LogP contribution in [0.25, 0.3) is 22.4 Å². The maximum atomic E-state index is 6.00. The maximum Gasteiger partial charge on any atom is 0.224 e. The normalized spacial score (nSPS) is 13.9. The van der Waals surface area contributed by atoms with Crippen molar-refractivity contribution in [2.24, 2.45) is 0 Å². The first kappa shape index (κ1) is 20.7. The van der Waals surface area contributed by atoms with Crippen molar-refractivity contribution in [1.82, 2.24) is 24.9 Å². The number of nitrogens with zero attached hydrogens (tertiary/aromatic N) is 7. The molecule has 10 heteroatoms. The molecular formula is C23H24N8O2. The lowest BCUT2D eigenvalue weighted by Crippen LogP contribution is -2.47. The van der Waals surface area contributed by atoms with E-state index in [1.54, 1.807) is 20.4 Å². The third-order valence-electron chi connectivity index (χ3n) is 5.69. The van der Waals surface area contributed by atoms with Crippen LogP contribution in [0.2, 0.25) is 0 Å². The molecule has 0 unspecified atom stereocenters. The van der Waals surface area contributed by atoms with Crippen LogP contribution in [0.5, 0.6) is 11.5 Å². The van der Waals surface area contributed by atoms with Crippen LogP contribution in [0, 0.1) is 0 Å². The van der Waals surface area contributed by atoms with E-state index in [0.29, 0.717) is 34.2 Å². The average Bonchev–Trinajstić information content (AvgIpc) is 2.88. The van der Waals surface area contributed by atoms with Gasteiger partial charge < -0.3 is 25.0 Å². The van der Waals surface area contributed by atoms with Gasteiger partial charge in [-0.15, -0.1) is 0 Å². The lowest BCUT2D eigenvalue weighted by molar-refractivity contribution is 0.355. The van der Waals surface area contributed by atoms with Gasteiger partial charge in [0, 0.05) is 49.8 Å². The van der Waals surface area contributed by atoms with Gasteiger partial charge in [0.2, 0.25) is 5.95 Å². The zero-order valence-electron chi connectivity index (χ0n) is 18.5. The molecule has 3 aromatic heterocycles. The van der Waals surface area contributed by atoms with E-state index in [4.69, 9.17) is 20.2 Å². The number of hydrogen-bond donors (Lipinski definition) is 1. The van der Waals surface area contributed by atoms with Gasteiger partial charge >= 0.3 is 0 Å². The Labute approximate surface area is 191 Å². The number of benzene rings is 1. The number of anilines is 3. The van der Waals surface area contributed by atoms with Crippen LogP contribution in [0.15, 0.2) is 48.9 Å². The second kappa shape index (κ2) is 8.73. The number of ether oxygens (including phenoxy) is 2. The fourth-order valence-corrected chi connectivity index (χ4v) is 4.00. The number of piperazine rings is 1. The van der Waals surface area contributed by atoms with E-state index in [-0.39, 0.29) is 5.95 Å². The lowest BCUT2D eigenvalue weighted by atomic mass is 10.1. The molecule has 0 radical (unpaired) electrons. The van der Waals surface area contributed by atoms with Gasteiger partial charge in [0.15, 0.2) is 28.5 Å². The summed E-state index contributed by atoms with van der Waals surface area (Å²) in [6.07, 6.45) is 5.30. The molecule has 0 saturated carbocycles. The third kappa shape index (κ3) is 4.02. The number of nitrogen functional groups attached to an aromatic ring is 1. The van der Waals surface area contributed by atoms with Crippen molar-refractivity contribution in [2.75, 3.05) is 55.9 Å². The Balaban J connectivity index is 1.48. The highest BCUT2D eigenvalue weighted by Gasteiger charge is 2.22. The van der Waals surface area contributed by atoms with Gasteiger partial charge in [-0.2, -0.15) is 9.97 Å². The number of rotatable bonds is 5. The zero-order chi connectivity index (χ0) is 22.8. The van der Waals surface area contributed by atoms with Crippen molar-refractivity contribution in [1.29, 1.82) is 0 Å². The molecule has 0 aliphatic carbocycles. The van der Waals surface area contributed by atoms with E-state index in [1.807, 2.05) is 42.7 Å². The quantitative estimate of drug-likeness (QED) is 0.492. The molecule has 1 aliphatic rings. The fourth-order valence-electron chi connectivity index (χ4n) is 4.00. The van der Waals surface area contributed by atoms with E-state index in [0.717, 1.165) is 37.4 Å². The molecule has 33 heavy (non-hydrogen) atoms. The Bertz CT molecular complexity index is 1280. The summed E-state index contributed by atoms with van der Waals surface area (Å²) in [5.41, 5.74) is 9.80. The number of nitrogens with two attached hydrogens (primary N) is 1. The predicted octanol–water partition coefficient (Wildman–Crippen LogP) is 2.41. The van der Waals surface area contributed by atoms with Gasteiger partial charge in [0.1, 0.15) is 0 Å². The number of hydrogen-bond acceptors (Lipinski definition) is 10. The molecule has 0 atom stereocenters. The van der Waals surface area contributed by atoms with Gasteiger partial charge in [0.05, 0.1) is 26.1 Å². The minimum Gasteiger partial charge on any atom is -0.493 e. The first-order valence-electron chi connectivity index (χ1n) is 10.6. The van der Waals surface area contributed by atoms with Gasteiger partial charge in [-0.25, -0.2) is 9.97 Å². The molecular weight excluding hydrogens is 420 g/mol. The predicted molar refractivity (Wildman–Crippen MR) is 127 cm³/mol. The highest BCUT2D eigenvalue weighted by molar-refractivity contribution is 5.86. The summed E-state index contributed by atoms with van der Waals surface area (Å²) in [5.74, 6) is 2.15. The molecule has 0 spiro atoms. The molecule has 168 valence electrons. The zero-order valence-corrected chi connectivity index (χ0v) is 18.5. The Hall–Kier alpha value is -4.21. The summed E-state index contributed by atoms with van der Waals surface area (Å²) >= 11 is 0. The molecule has 5 rings (SSSR count). The molecule has 1 aliphatic heterocycles. The molecule has 0 amide bonds. The van der Waals surface area contributed by atoms with Gasteiger partial charge in [-0.1, -0.05) is 0 Å². The van der Waals surface area contributed by atoms with Crippen molar-refractivity contribution < 1.29 is 9.47 Å². The van der Waals surface area contributed by atoms with Crippen LogP contribution in [0.1, 0.15) is 0 Å². The summed E-state index contributed by atoms with van der Waals surface area (Å²) in [5, 5.41) is 0. The van der Waals surface area contributed by atoms with E-state index in [1.165, 1.54) is 0 Å². The van der Waals surface area contributed by atoms with Crippen LogP contribution >= 0.6 is 0 Å². The fraction of sp³-hybridized carbons (Fsp3) is 0.261. The highest BCUT2D eigenvalue weighted by Crippen LogP contribution is 2.33. The maximum absolute atomic E-state index is 6.00. The summed E-state index contributed by atoms with van der Waals surface area (Å²) in [6, 6.07) is 9.69. The average molecular weight is 444 g/mol. The molecule has 4 heterocycles. The number of pyridine rings is 1. The van der Waals surface area contributed by atoms with Gasteiger partial charge in [-0.3, -0.25) is 4.98 Å². The Morgan fingerprint density at radius 3 is 2.30 bits per heavy atom. The Kier molecular flexibility index (Phi) is 5.47. The van der Waals surface area contributed by atoms with Crippen molar-refractivity contribution >= 4 is 28.6 Å². The summed E-state index contributed by atoms with van der Waals surface area (Å²) in [6.45, 7) is 3.24. The van der Waals surface area contributed by atoms with Crippen LogP contribution in [-0.2, 0) is 0 Å². The molecule has 1 saturated heterocycles. The molecule has 2 N–H and O–H groups in total. The number of methoxy groups -OCH3 is 2. The lowest BCUT2D eigenvalue weighted by Gasteiger charge is -2.36. The van der Waals surface area contributed by atoms with Gasteiger partial charge in [-0.05, 0) is 30.3 Å². The van der Waals surface area contributed by atoms with E-state index < -0.39 is 0 Å². The SMILES string of the molecule is COc1ccc(-c2cnc3nc(N)nc(N4CCN(c5ccncc5)CC4)c3n2)cc1OC. The number of aromatic nitrogens is 5. The molecule has 1 fully saturated rings. The minimum atomic E-state index is 0.183. The molecule has 10 nitrogen and oxygen atoms in total. The molecule has 4 aromatic rings. The van der Waals surface area contributed by atoms with Crippen molar-refractivity contribution in [3.05, 3.63) is 48.9 Å². The van der Waals surface area contributed by atoms with Crippen LogP contribution in [0.3, 0.4) is 0 Å². The second-order valence-electron chi connectivity index (χ2n) is 7.58. The smallest absolute Gasteiger partial charge is 0.224 e. The van der Waals surface area contributed by atoms with E-state index in [2.05, 4.69) is 29.7 Å². The van der Waals surface area contributed by atoms with Gasteiger partial charge in [0.25, 0.3) is 0 Å². The van der Waals surface area contributed by atoms with Crippen molar-refractivity contribution in [3.8, 4) is 22.8 Å². The molecule has 1 aromatic carbocycles. The first-order chi connectivity index (χ1) is 16.2. The largest absolute Gasteiger partial charge is 0.493 e. The summed E-state index contributed by atoms with van der Waals surface area (Å²) in [4.78, 5) is 26.8. The summed E-state index contributed by atoms with van der Waals surface area (Å²) < 4.78 is 10.8. The van der Waals surface area contributed by atoms with Crippen LogP contribution in [0.4, 0.5) is 17.5 Å². The topological polar surface area (TPSA) is 115 Å². The third-order valence-corrected chi connectivity index (χ3v) is 5.69.